The number of hydrogen-bond acceptors (Lipinski definition) is 11. The van der Waals surface area contributed by atoms with E-state index in [0.717, 1.165) is 0 Å². The van der Waals surface area contributed by atoms with Crippen LogP contribution in [0.2, 0.25) is 0 Å². The molecule has 0 atom stereocenters. The average molecular weight is 1380 g/mol. The van der Waals surface area contributed by atoms with Crippen LogP contribution in [-0.4, -0.2) is 62.8 Å². The summed E-state index contributed by atoms with van der Waals surface area (Å²) in [5.41, 5.74) is -5.65. The zero-order valence-electron chi connectivity index (χ0n) is 46.7. The number of alkyl halides is 5. The van der Waals surface area contributed by atoms with Gasteiger partial charge in [0.15, 0.2) is 87.6 Å². The van der Waals surface area contributed by atoms with Crippen LogP contribution < -0.4 is 0 Å². The Kier molecular flexibility index (Phi) is 27.7. The lowest BCUT2D eigenvalue weighted by atomic mass is 10.3. The molecule has 11 nitrogen and oxygen atoms in total. The zero-order chi connectivity index (χ0) is 67.0. The van der Waals surface area contributed by atoms with Gasteiger partial charge in [-0.1, -0.05) is 164 Å². The molecule has 0 heterocycles. The van der Waals surface area contributed by atoms with Crippen LogP contribution in [0.3, 0.4) is 0 Å². The minimum atomic E-state index is -6.09. The van der Waals surface area contributed by atoms with Gasteiger partial charge in [0.25, 0.3) is 0 Å². The van der Waals surface area contributed by atoms with E-state index in [1.807, 2.05) is 0 Å². The van der Waals surface area contributed by atoms with E-state index in [2.05, 4.69) is 278 Å². The molecule has 0 aliphatic carbocycles. The standard InChI is InChI=1S/3C18H15S.C6HF5O3S.C3H4F2O5S.CHF3O3S/c3*1-4-10-16(11-5-1)19(17-12-6-2-7-13-17)18-14-8-3-9-15-18;7-1-2(8)4(10)6(15(12,13)14)5(11)3(1)9;1-10-2(6)3(4,5)11(7,8)9;2-1(3,4)8(5,6)7/h3*1-15H;(H,12,13,14);1H3,(H,7,8,9);(H,5,6,7)/q3*+1;;;/p-3. The lowest BCUT2D eigenvalue weighted by molar-refractivity contribution is -0.158. The third-order valence-corrected chi connectivity index (χ3v) is 20.2. The minimum absolute atomic E-state index is 0.0146. The maximum Gasteiger partial charge on any atom is 0.485 e. The summed E-state index contributed by atoms with van der Waals surface area (Å²) in [6.45, 7) is 0. The van der Waals surface area contributed by atoms with E-state index in [0.29, 0.717) is 7.11 Å². The Balaban J connectivity index is 0.000000203. The number of hydrogen-bond donors (Lipinski definition) is 0. The number of esters is 1. The molecular formula is C64H48F10O11S6. The summed E-state index contributed by atoms with van der Waals surface area (Å²) < 4.78 is 208. The predicted molar refractivity (Wildman–Crippen MR) is 321 cm³/mol. The Hall–Kier alpha value is -8.25. The van der Waals surface area contributed by atoms with Crippen molar-refractivity contribution in [2.45, 2.75) is 59.7 Å². The number of ether oxygens (including phenoxy) is 1. The topological polar surface area (TPSA) is 198 Å². The van der Waals surface area contributed by atoms with E-state index in [1.165, 1.54) is 44.1 Å². The van der Waals surface area contributed by atoms with Gasteiger partial charge in [-0.3, -0.25) is 0 Å². The first-order chi connectivity index (χ1) is 43.0. The molecule has 0 spiro atoms. The van der Waals surface area contributed by atoms with Crippen molar-refractivity contribution in [3.05, 3.63) is 302 Å². The Morgan fingerprint density at radius 1 is 0.319 bits per heavy atom. The zero-order valence-corrected chi connectivity index (χ0v) is 51.6. The highest BCUT2D eigenvalue weighted by Crippen LogP contribution is 2.34. The first kappa shape index (κ1) is 73.5. The summed E-state index contributed by atoms with van der Waals surface area (Å²) in [5, 5.41) is -5.00. The number of carbonyl (C=O) groups excluding carboxylic acids is 1. The van der Waals surface area contributed by atoms with Crippen LogP contribution in [0.25, 0.3) is 0 Å². The highest BCUT2D eigenvalue weighted by Gasteiger charge is 2.48. The Labute approximate surface area is 527 Å². The fourth-order valence-corrected chi connectivity index (χ4v) is 14.5. The molecule has 0 aromatic heterocycles. The fourth-order valence-electron chi connectivity index (χ4n) is 7.26. The number of carbonyl (C=O) groups is 1. The van der Waals surface area contributed by atoms with E-state index in [1.54, 1.807) is 0 Å². The fraction of sp³-hybridized carbons (Fsp3) is 0.0469. The average Bonchev–Trinajstić information content (AvgIpc) is 1.03. The van der Waals surface area contributed by atoms with E-state index in [-0.39, 0.29) is 32.7 Å². The number of halogens is 10. The first-order valence-electron chi connectivity index (χ1n) is 25.6. The minimum Gasteiger partial charge on any atom is -0.744 e. The van der Waals surface area contributed by atoms with Gasteiger partial charge in [0, 0.05) is 0 Å². The molecule has 0 unspecified atom stereocenters. The molecule has 0 saturated carbocycles. The maximum absolute atomic E-state index is 12.6. The predicted octanol–water partition coefficient (Wildman–Crippen LogP) is 15.0. The molecule has 0 radical (unpaired) electrons. The molecule has 0 aliphatic rings. The van der Waals surface area contributed by atoms with Crippen LogP contribution in [-0.2, 0) is 72.6 Å². The molecule has 10 aromatic rings. The van der Waals surface area contributed by atoms with E-state index in [4.69, 9.17) is 13.0 Å². The Morgan fingerprint density at radius 2 is 0.473 bits per heavy atom. The summed E-state index contributed by atoms with van der Waals surface area (Å²) in [6, 6.07) is 96.5. The van der Waals surface area contributed by atoms with Gasteiger partial charge in [0.1, 0.15) is 15.0 Å². The normalized spacial score (nSPS) is 11.4. The van der Waals surface area contributed by atoms with Gasteiger partial charge >= 0.3 is 16.7 Å². The number of benzene rings is 10. The Bertz CT molecular complexity index is 3620. The van der Waals surface area contributed by atoms with Crippen LogP contribution in [0.1, 0.15) is 0 Å². The van der Waals surface area contributed by atoms with Crippen molar-refractivity contribution >= 4 is 69.0 Å². The number of methoxy groups -OCH3 is 1. The van der Waals surface area contributed by atoms with Crippen molar-refractivity contribution in [1.82, 2.24) is 0 Å². The third-order valence-electron chi connectivity index (χ3n) is 11.3. The summed E-state index contributed by atoms with van der Waals surface area (Å²) in [4.78, 5) is 19.8. The van der Waals surface area contributed by atoms with Gasteiger partial charge in [-0.25, -0.2) is 52.0 Å². The van der Waals surface area contributed by atoms with E-state index < -0.39 is 81.1 Å². The number of rotatable bonds is 12. The largest absolute Gasteiger partial charge is 0.744 e. The van der Waals surface area contributed by atoms with Crippen molar-refractivity contribution < 1.29 is 92.3 Å². The lowest BCUT2D eigenvalue weighted by Crippen LogP contribution is -2.38. The van der Waals surface area contributed by atoms with Crippen molar-refractivity contribution in [1.29, 1.82) is 0 Å². The molecule has 10 rings (SSSR count). The highest BCUT2D eigenvalue weighted by atomic mass is 32.2. The smallest absolute Gasteiger partial charge is 0.485 e. The van der Waals surface area contributed by atoms with E-state index in [9.17, 15) is 74.6 Å². The molecule has 10 aromatic carbocycles. The van der Waals surface area contributed by atoms with Crippen LogP contribution >= 0.6 is 0 Å². The summed E-state index contributed by atoms with van der Waals surface area (Å²) in [5.74, 6) is -15.2. The summed E-state index contributed by atoms with van der Waals surface area (Å²) in [6.07, 6.45) is 0. The van der Waals surface area contributed by atoms with Crippen LogP contribution in [0, 0.1) is 29.1 Å². The molecular weight excluding hydrogens is 1330 g/mol. The second-order valence-corrected chi connectivity index (χ2v) is 27.6. The molecule has 0 bridgehead atoms. The molecule has 0 amide bonds. The second kappa shape index (κ2) is 34.3. The molecule has 476 valence electrons. The van der Waals surface area contributed by atoms with Gasteiger partial charge in [-0.15, -0.1) is 0 Å². The molecule has 0 fully saturated rings. The maximum atomic E-state index is 12.6. The quantitative estimate of drug-likeness (QED) is 0.0214. The van der Waals surface area contributed by atoms with Crippen LogP contribution in [0.4, 0.5) is 43.9 Å². The van der Waals surface area contributed by atoms with Gasteiger partial charge in [0.2, 0.25) is 5.82 Å². The highest BCUT2D eigenvalue weighted by molar-refractivity contribution is 7.97. The van der Waals surface area contributed by atoms with Crippen LogP contribution in [0.5, 0.6) is 0 Å². The van der Waals surface area contributed by atoms with Crippen molar-refractivity contribution in [3.63, 3.8) is 0 Å². The van der Waals surface area contributed by atoms with Crippen molar-refractivity contribution in [2.24, 2.45) is 0 Å². The Morgan fingerprint density at radius 3 is 0.582 bits per heavy atom. The van der Waals surface area contributed by atoms with Crippen molar-refractivity contribution in [2.75, 3.05) is 7.11 Å². The van der Waals surface area contributed by atoms with Crippen LogP contribution in [0.15, 0.2) is 322 Å². The summed E-state index contributed by atoms with van der Waals surface area (Å²) >= 11 is 0. The lowest BCUT2D eigenvalue weighted by Gasteiger charge is -2.16. The molecule has 0 saturated heterocycles. The molecule has 27 heteroatoms. The van der Waals surface area contributed by atoms with Gasteiger partial charge in [-0.05, 0) is 109 Å². The monoisotopic (exact) mass is 1370 g/mol. The molecule has 91 heavy (non-hydrogen) atoms. The van der Waals surface area contributed by atoms with Gasteiger partial charge in [0.05, 0.1) is 39.8 Å². The summed E-state index contributed by atoms with van der Waals surface area (Å²) in [7, 11) is -17.3. The van der Waals surface area contributed by atoms with Gasteiger partial charge < -0.3 is 18.4 Å². The molecule has 0 N–H and O–H groups in total. The van der Waals surface area contributed by atoms with Crippen molar-refractivity contribution in [3.8, 4) is 0 Å². The van der Waals surface area contributed by atoms with E-state index >= 15 is 0 Å². The second-order valence-electron chi connectivity index (χ2n) is 17.5. The molecule has 0 aliphatic heterocycles. The van der Waals surface area contributed by atoms with Gasteiger partial charge in [-0.2, -0.15) is 22.0 Å². The SMILES string of the molecule is COC(=O)C(F)(F)S(=O)(=O)[O-].O=S(=O)([O-])C(F)(F)F.O=S(=O)([O-])c1c(F)c(F)c(F)c(F)c1F.c1ccc([S+](c2ccccc2)c2ccccc2)cc1.c1ccc([S+](c2ccccc2)c2ccccc2)cc1.c1ccc([S+](c2ccccc2)c2ccccc2)cc1. The first-order valence-corrected chi connectivity index (χ1v) is 33.5. The third kappa shape index (κ3) is 21.4.